The number of carbonyl (C=O) groups excluding carboxylic acids is 1. The van der Waals surface area contributed by atoms with Crippen LogP contribution in [0.5, 0.6) is 5.75 Å². The summed E-state index contributed by atoms with van der Waals surface area (Å²) in [5, 5.41) is 2.98. The van der Waals surface area contributed by atoms with Gasteiger partial charge < -0.3 is 14.8 Å². The largest absolute Gasteiger partial charge is 0.495 e. The van der Waals surface area contributed by atoms with E-state index in [1.807, 2.05) is 0 Å². The highest BCUT2D eigenvalue weighted by atomic mass is 35.5. The third kappa shape index (κ3) is 6.11. The third-order valence-electron chi connectivity index (χ3n) is 5.77. The Kier molecular flexibility index (Phi) is 8.58. The molecule has 1 aliphatic heterocycles. The lowest BCUT2D eigenvalue weighted by molar-refractivity contribution is -0.114. The van der Waals surface area contributed by atoms with E-state index in [0.29, 0.717) is 5.02 Å². The van der Waals surface area contributed by atoms with Gasteiger partial charge in [-0.05, 0) is 54.6 Å². The minimum atomic E-state index is -4.14. The second-order valence-electron chi connectivity index (χ2n) is 8.23. The number of hydrogen-bond donors (Lipinski definition) is 1. The molecule has 1 amide bonds. The fourth-order valence-corrected chi connectivity index (χ4v) is 6.99. The van der Waals surface area contributed by atoms with Gasteiger partial charge in [-0.15, -0.1) is 0 Å². The molecule has 0 aliphatic carbocycles. The molecule has 3 aromatic rings. The van der Waals surface area contributed by atoms with Gasteiger partial charge in [0.05, 0.1) is 30.9 Å². The molecule has 1 saturated heterocycles. The van der Waals surface area contributed by atoms with Gasteiger partial charge in [-0.25, -0.2) is 16.8 Å². The van der Waals surface area contributed by atoms with Crippen LogP contribution in [0.25, 0.3) is 0 Å². The molecule has 4 rings (SSSR count). The number of sulfonamides is 2. The number of amides is 1. The summed E-state index contributed by atoms with van der Waals surface area (Å²) in [4.78, 5) is 12.9. The van der Waals surface area contributed by atoms with E-state index >= 15 is 0 Å². The van der Waals surface area contributed by atoms with Gasteiger partial charge in [0.2, 0.25) is 15.9 Å². The number of rotatable bonds is 9. The van der Waals surface area contributed by atoms with Crippen LogP contribution in [-0.4, -0.2) is 67.0 Å². The summed E-state index contributed by atoms with van der Waals surface area (Å²) in [6, 6.07) is 18.0. The highest BCUT2D eigenvalue weighted by Gasteiger charge is 2.30. The molecule has 13 heteroatoms. The molecule has 38 heavy (non-hydrogen) atoms. The number of benzene rings is 3. The van der Waals surface area contributed by atoms with Gasteiger partial charge in [-0.1, -0.05) is 29.8 Å². The van der Waals surface area contributed by atoms with Gasteiger partial charge in [0.25, 0.3) is 10.0 Å². The van der Waals surface area contributed by atoms with Crippen molar-refractivity contribution in [3.63, 3.8) is 0 Å². The topological polar surface area (TPSA) is 122 Å². The summed E-state index contributed by atoms with van der Waals surface area (Å²) in [7, 11) is -6.71. The number of morpholine rings is 1. The molecule has 0 atom stereocenters. The van der Waals surface area contributed by atoms with Crippen LogP contribution in [0.4, 0.5) is 11.4 Å². The average molecular weight is 580 g/mol. The van der Waals surface area contributed by atoms with Gasteiger partial charge in [0.15, 0.2) is 0 Å². The highest BCUT2D eigenvalue weighted by Crippen LogP contribution is 2.30. The second kappa shape index (κ2) is 11.7. The first-order chi connectivity index (χ1) is 18.1. The monoisotopic (exact) mass is 579 g/mol. The maximum Gasteiger partial charge on any atom is 0.264 e. The van der Waals surface area contributed by atoms with Gasteiger partial charge in [0.1, 0.15) is 17.2 Å². The van der Waals surface area contributed by atoms with E-state index < -0.39 is 32.5 Å². The average Bonchev–Trinajstić information content (AvgIpc) is 2.93. The van der Waals surface area contributed by atoms with Crippen LogP contribution in [0, 0.1) is 0 Å². The van der Waals surface area contributed by atoms with Crippen molar-refractivity contribution in [2.75, 3.05) is 49.6 Å². The van der Waals surface area contributed by atoms with Gasteiger partial charge in [0, 0.05) is 23.8 Å². The number of hydrogen-bond acceptors (Lipinski definition) is 7. The minimum absolute atomic E-state index is 0.0399. The molecular formula is C25H26ClN3O7S2. The van der Waals surface area contributed by atoms with Crippen LogP contribution >= 0.6 is 11.6 Å². The zero-order valence-corrected chi connectivity index (χ0v) is 22.8. The first-order valence-electron chi connectivity index (χ1n) is 11.5. The lowest BCUT2D eigenvalue weighted by atomic mass is 10.3. The zero-order valence-electron chi connectivity index (χ0n) is 20.4. The van der Waals surface area contributed by atoms with Crippen LogP contribution in [0.2, 0.25) is 5.02 Å². The van der Waals surface area contributed by atoms with Crippen molar-refractivity contribution in [2.24, 2.45) is 0 Å². The molecule has 0 saturated carbocycles. The Labute approximate surface area is 226 Å². The molecule has 0 bridgehead atoms. The minimum Gasteiger partial charge on any atom is -0.495 e. The number of ether oxygens (including phenoxy) is 2. The van der Waals surface area contributed by atoms with Crippen molar-refractivity contribution in [3.05, 3.63) is 77.8 Å². The SMILES string of the molecule is COc1ccc(NC(=O)CN(c2ccccc2)S(=O)(=O)c2ccc(Cl)cc2)cc1S(=O)(=O)N1CCOCC1. The van der Waals surface area contributed by atoms with E-state index in [2.05, 4.69) is 5.32 Å². The van der Waals surface area contributed by atoms with Crippen molar-refractivity contribution >= 4 is 48.9 Å². The third-order valence-corrected chi connectivity index (χ3v) is 9.73. The summed E-state index contributed by atoms with van der Waals surface area (Å²) >= 11 is 5.92. The number of methoxy groups -OCH3 is 1. The summed E-state index contributed by atoms with van der Waals surface area (Å²) in [5.41, 5.74) is 0.447. The lowest BCUT2D eigenvalue weighted by Gasteiger charge is -2.27. The predicted octanol–water partition coefficient (Wildman–Crippen LogP) is 3.20. The molecule has 1 fully saturated rings. The van der Waals surface area contributed by atoms with E-state index in [4.69, 9.17) is 21.1 Å². The molecule has 0 spiro atoms. The Balaban J connectivity index is 1.62. The normalized spacial score (nSPS) is 14.6. The highest BCUT2D eigenvalue weighted by molar-refractivity contribution is 7.92. The molecule has 0 unspecified atom stereocenters. The van der Waals surface area contributed by atoms with Crippen molar-refractivity contribution in [3.8, 4) is 5.75 Å². The molecule has 1 N–H and O–H groups in total. The number of carbonyl (C=O) groups is 1. The summed E-state index contributed by atoms with van der Waals surface area (Å²) < 4.78 is 66.2. The second-order valence-corrected chi connectivity index (χ2v) is 12.4. The van der Waals surface area contributed by atoms with Crippen LogP contribution in [-0.2, 0) is 29.6 Å². The Morgan fingerprint density at radius 2 is 1.66 bits per heavy atom. The van der Waals surface area contributed by atoms with Crippen molar-refractivity contribution in [2.45, 2.75) is 9.79 Å². The van der Waals surface area contributed by atoms with Crippen LogP contribution in [0.1, 0.15) is 0 Å². The van der Waals surface area contributed by atoms with E-state index in [1.54, 1.807) is 30.3 Å². The first kappa shape index (κ1) is 27.9. The van der Waals surface area contributed by atoms with Gasteiger partial charge in [-0.3, -0.25) is 9.10 Å². The summed E-state index contributed by atoms with van der Waals surface area (Å²) in [6.07, 6.45) is 0. The summed E-state index contributed by atoms with van der Waals surface area (Å²) in [5.74, 6) is -0.558. The lowest BCUT2D eigenvalue weighted by Crippen LogP contribution is -2.40. The maximum atomic E-state index is 13.5. The van der Waals surface area contributed by atoms with E-state index in [-0.39, 0.29) is 53.2 Å². The van der Waals surface area contributed by atoms with Crippen LogP contribution in [0.3, 0.4) is 0 Å². The molecule has 1 aliphatic rings. The molecule has 1 heterocycles. The van der Waals surface area contributed by atoms with Gasteiger partial charge >= 0.3 is 0 Å². The molecule has 0 radical (unpaired) electrons. The first-order valence-corrected chi connectivity index (χ1v) is 14.8. The van der Waals surface area contributed by atoms with E-state index in [0.717, 1.165) is 4.31 Å². The fourth-order valence-electron chi connectivity index (χ4n) is 3.86. The molecular weight excluding hydrogens is 554 g/mol. The molecule has 3 aromatic carbocycles. The Morgan fingerprint density at radius 3 is 2.29 bits per heavy atom. The van der Waals surface area contributed by atoms with Crippen molar-refractivity contribution < 1.29 is 31.1 Å². The fraction of sp³-hybridized carbons (Fsp3) is 0.240. The predicted molar refractivity (Wildman–Crippen MR) is 144 cm³/mol. The van der Waals surface area contributed by atoms with E-state index in [9.17, 15) is 21.6 Å². The Hall–Kier alpha value is -3.16. The number of halogens is 1. The standard InChI is InChI=1S/C25H26ClN3O7S2/c1-35-23-12-9-20(17-24(23)38(33,34)28-13-15-36-16-14-28)27-25(30)18-29(21-5-3-2-4-6-21)37(31,32)22-10-7-19(26)8-11-22/h2-12,17H,13-16,18H2,1H3,(H,27,30). The van der Waals surface area contributed by atoms with Crippen LogP contribution in [0.15, 0.2) is 82.6 Å². The molecule has 10 nitrogen and oxygen atoms in total. The van der Waals surface area contributed by atoms with Gasteiger partial charge in [-0.2, -0.15) is 4.31 Å². The van der Waals surface area contributed by atoms with Crippen molar-refractivity contribution in [1.29, 1.82) is 0 Å². The van der Waals surface area contributed by atoms with Crippen LogP contribution < -0.4 is 14.4 Å². The number of para-hydroxylation sites is 1. The quantitative estimate of drug-likeness (QED) is 0.413. The smallest absolute Gasteiger partial charge is 0.264 e. The number of nitrogens with zero attached hydrogens (tertiary/aromatic N) is 2. The summed E-state index contributed by atoms with van der Waals surface area (Å²) in [6.45, 7) is 0.366. The Morgan fingerprint density at radius 1 is 1.00 bits per heavy atom. The number of nitrogens with one attached hydrogen (secondary N) is 1. The molecule has 0 aromatic heterocycles. The maximum absolute atomic E-state index is 13.5. The van der Waals surface area contributed by atoms with E-state index in [1.165, 1.54) is 53.9 Å². The number of anilines is 2. The molecule has 202 valence electrons. The Bertz CT molecular complexity index is 1490. The zero-order chi connectivity index (χ0) is 27.3. The van der Waals surface area contributed by atoms with Crippen molar-refractivity contribution in [1.82, 2.24) is 4.31 Å².